The number of carbonyl (C=O) groups excluding carboxylic acids is 1. The standard InChI is InChI=1S/C14H13F3N2O/c15-14(16,17)11-4-1-3-10(7-11)8-19-12(20)13(9-18)5-2-6-13/h1,3-4,7H,2,5-6,8H2,(H,19,20). The minimum atomic E-state index is -4.40. The fourth-order valence-electron chi connectivity index (χ4n) is 2.13. The van der Waals surface area contributed by atoms with E-state index in [0.29, 0.717) is 18.4 Å². The maximum Gasteiger partial charge on any atom is 0.416 e. The SMILES string of the molecule is N#CC1(C(=O)NCc2cccc(C(F)(F)F)c2)CCC1. The second-order valence-electron chi connectivity index (χ2n) is 4.93. The molecule has 1 aliphatic carbocycles. The number of hydrogen-bond donors (Lipinski definition) is 1. The van der Waals surface area contributed by atoms with E-state index >= 15 is 0 Å². The van der Waals surface area contributed by atoms with Crippen LogP contribution in [0.25, 0.3) is 0 Å². The molecule has 106 valence electrons. The van der Waals surface area contributed by atoms with Crippen molar-refractivity contribution < 1.29 is 18.0 Å². The van der Waals surface area contributed by atoms with E-state index in [9.17, 15) is 18.0 Å². The van der Waals surface area contributed by atoms with Crippen LogP contribution in [0.15, 0.2) is 24.3 Å². The van der Waals surface area contributed by atoms with Crippen molar-refractivity contribution in [2.45, 2.75) is 32.0 Å². The Morgan fingerprint density at radius 2 is 2.10 bits per heavy atom. The highest BCUT2D eigenvalue weighted by atomic mass is 19.4. The Hall–Kier alpha value is -2.03. The summed E-state index contributed by atoms with van der Waals surface area (Å²) in [7, 11) is 0. The molecule has 0 bridgehead atoms. The Bertz CT molecular complexity index is 556. The molecular formula is C14H13F3N2O. The molecule has 20 heavy (non-hydrogen) atoms. The molecule has 0 unspecified atom stereocenters. The minimum Gasteiger partial charge on any atom is -0.351 e. The van der Waals surface area contributed by atoms with E-state index in [1.54, 1.807) is 0 Å². The fourth-order valence-corrected chi connectivity index (χ4v) is 2.13. The van der Waals surface area contributed by atoms with E-state index in [1.807, 2.05) is 6.07 Å². The van der Waals surface area contributed by atoms with Gasteiger partial charge in [-0.3, -0.25) is 4.79 Å². The number of alkyl halides is 3. The van der Waals surface area contributed by atoms with Crippen molar-refractivity contribution in [1.82, 2.24) is 5.32 Å². The van der Waals surface area contributed by atoms with Gasteiger partial charge < -0.3 is 5.32 Å². The minimum absolute atomic E-state index is 0.00775. The summed E-state index contributed by atoms with van der Waals surface area (Å²) in [6.07, 6.45) is -2.55. The molecule has 0 atom stereocenters. The summed E-state index contributed by atoms with van der Waals surface area (Å²) in [4.78, 5) is 11.9. The van der Waals surface area contributed by atoms with Gasteiger partial charge >= 0.3 is 6.18 Å². The Balaban J connectivity index is 2.01. The van der Waals surface area contributed by atoms with Crippen molar-refractivity contribution in [1.29, 1.82) is 5.26 Å². The summed E-state index contributed by atoms with van der Waals surface area (Å²) >= 11 is 0. The van der Waals surface area contributed by atoms with Crippen LogP contribution in [0.1, 0.15) is 30.4 Å². The van der Waals surface area contributed by atoms with Crippen LogP contribution in [0.5, 0.6) is 0 Å². The first-order valence-electron chi connectivity index (χ1n) is 6.23. The molecule has 0 heterocycles. The smallest absolute Gasteiger partial charge is 0.351 e. The predicted octanol–water partition coefficient (Wildman–Crippen LogP) is 3.02. The number of rotatable bonds is 3. The molecule has 1 aliphatic rings. The highest BCUT2D eigenvalue weighted by molar-refractivity contribution is 5.86. The summed E-state index contributed by atoms with van der Waals surface area (Å²) in [5.74, 6) is -0.399. The topological polar surface area (TPSA) is 52.9 Å². The number of nitrogens with one attached hydrogen (secondary N) is 1. The molecular weight excluding hydrogens is 269 g/mol. The molecule has 0 spiro atoms. The van der Waals surface area contributed by atoms with Gasteiger partial charge in [0.05, 0.1) is 11.6 Å². The summed E-state index contributed by atoms with van der Waals surface area (Å²) in [6.45, 7) is -0.00775. The largest absolute Gasteiger partial charge is 0.416 e. The lowest BCUT2D eigenvalue weighted by Gasteiger charge is -2.33. The van der Waals surface area contributed by atoms with E-state index in [-0.39, 0.29) is 6.54 Å². The highest BCUT2D eigenvalue weighted by Crippen LogP contribution is 2.40. The molecule has 6 heteroatoms. The molecule has 1 aromatic rings. The van der Waals surface area contributed by atoms with Gasteiger partial charge in [-0.15, -0.1) is 0 Å². The average molecular weight is 282 g/mol. The molecule has 1 N–H and O–H groups in total. The molecule has 2 rings (SSSR count). The summed E-state index contributed by atoms with van der Waals surface area (Å²) in [5, 5.41) is 11.5. The second kappa shape index (κ2) is 5.16. The fraction of sp³-hybridized carbons (Fsp3) is 0.429. The van der Waals surface area contributed by atoms with E-state index in [2.05, 4.69) is 5.32 Å². The molecule has 1 fully saturated rings. The number of amides is 1. The number of halogens is 3. The van der Waals surface area contributed by atoms with Crippen molar-refractivity contribution >= 4 is 5.91 Å². The van der Waals surface area contributed by atoms with Crippen LogP contribution in [-0.2, 0) is 17.5 Å². The van der Waals surface area contributed by atoms with Gasteiger partial charge in [0, 0.05) is 6.54 Å². The van der Waals surface area contributed by atoms with Gasteiger partial charge in [0.2, 0.25) is 5.91 Å². The molecule has 3 nitrogen and oxygen atoms in total. The third-order valence-electron chi connectivity index (χ3n) is 3.56. The lowest BCUT2D eigenvalue weighted by atomic mass is 9.69. The zero-order valence-electron chi connectivity index (χ0n) is 10.6. The number of carbonyl (C=O) groups is 1. The molecule has 1 aromatic carbocycles. The van der Waals surface area contributed by atoms with E-state index in [1.165, 1.54) is 12.1 Å². The first-order chi connectivity index (χ1) is 9.37. The van der Waals surface area contributed by atoms with Crippen LogP contribution in [0.4, 0.5) is 13.2 Å². The van der Waals surface area contributed by atoms with Crippen LogP contribution in [0, 0.1) is 16.7 Å². The number of nitrogens with zero attached hydrogens (tertiary/aromatic N) is 1. The first kappa shape index (κ1) is 14.4. The molecule has 0 aromatic heterocycles. The van der Waals surface area contributed by atoms with Crippen LogP contribution in [0.2, 0.25) is 0 Å². The van der Waals surface area contributed by atoms with E-state index < -0.39 is 23.1 Å². The van der Waals surface area contributed by atoms with Crippen LogP contribution >= 0.6 is 0 Å². The molecule has 0 radical (unpaired) electrons. The lowest BCUT2D eigenvalue weighted by molar-refractivity contribution is -0.137. The Labute approximate surface area is 114 Å². The second-order valence-corrected chi connectivity index (χ2v) is 4.93. The van der Waals surface area contributed by atoms with E-state index in [4.69, 9.17) is 5.26 Å². The number of hydrogen-bond acceptors (Lipinski definition) is 2. The number of benzene rings is 1. The van der Waals surface area contributed by atoms with Gasteiger partial charge in [0.25, 0.3) is 0 Å². The van der Waals surface area contributed by atoms with Crippen molar-refractivity contribution in [3.05, 3.63) is 35.4 Å². The molecule has 0 saturated heterocycles. The zero-order chi connectivity index (χ0) is 14.8. The third kappa shape index (κ3) is 2.77. The van der Waals surface area contributed by atoms with Crippen molar-refractivity contribution in [2.75, 3.05) is 0 Å². The summed E-state index contributed by atoms with van der Waals surface area (Å²) < 4.78 is 37.6. The quantitative estimate of drug-likeness (QED) is 0.926. The molecule has 1 amide bonds. The van der Waals surface area contributed by atoms with Crippen LogP contribution in [-0.4, -0.2) is 5.91 Å². The Morgan fingerprint density at radius 1 is 1.40 bits per heavy atom. The third-order valence-corrected chi connectivity index (χ3v) is 3.56. The van der Waals surface area contributed by atoms with Gasteiger partial charge in [0.15, 0.2) is 0 Å². The monoisotopic (exact) mass is 282 g/mol. The number of nitriles is 1. The first-order valence-corrected chi connectivity index (χ1v) is 6.23. The summed E-state index contributed by atoms with van der Waals surface area (Å²) in [5.41, 5.74) is -1.37. The maximum absolute atomic E-state index is 12.5. The Kier molecular flexibility index (Phi) is 3.71. The predicted molar refractivity (Wildman–Crippen MR) is 65.2 cm³/mol. The molecule has 0 aliphatic heterocycles. The van der Waals surface area contributed by atoms with Crippen molar-refractivity contribution in [3.63, 3.8) is 0 Å². The van der Waals surface area contributed by atoms with Gasteiger partial charge in [-0.1, -0.05) is 12.1 Å². The van der Waals surface area contributed by atoms with Crippen LogP contribution < -0.4 is 5.32 Å². The average Bonchev–Trinajstić information content (AvgIpc) is 2.35. The maximum atomic E-state index is 12.5. The van der Waals surface area contributed by atoms with Crippen molar-refractivity contribution in [2.24, 2.45) is 5.41 Å². The van der Waals surface area contributed by atoms with Gasteiger partial charge in [0.1, 0.15) is 5.41 Å². The van der Waals surface area contributed by atoms with Gasteiger partial charge in [-0.25, -0.2) is 0 Å². The van der Waals surface area contributed by atoms with Gasteiger partial charge in [-0.2, -0.15) is 18.4 Å². The van der Waals surface area contributed by atoms with Crippen molar-refractivity contribution in [3.8, 4) is 6.07 Å². The summed E-state index contributed by atoms with van der Waals surface area (Å²) in [6, 6.07) is 6.78. The normalized spacial score (nSPS) is 16.9. The van der Waals surface area contributed by atoms with E-state index in [0.717, 1.165) is 18.6 Å². The van der Waals surface area contributed by atoms with Gasteiger partial charge in [-0.05, 0) is 37.0 Å². The lowest BCUT2D eigenvalue weighted by Crippen LogP contribution is -2.44. The molecule has 1 saturated carbocycles. The van der Waals surface area contributed by atoms with Crippen LogP contribution in [0.3, 0.4) is 0 Å². The zero-order valence-corrected chi connectivity index (χ0v) is 10.6. The highest BCUT2D eigenvalue weighted by Gasteiger charge is 2.44. The Morgan fingerprint density at radius 3 is 2.60 bits per heavy atom.